The number of anilines is 1. The first kappa shape index (κ1) is 24.2. The van der Waals surface area contributed by atoms with Crippen LogP contribution in [0.15, 0.2) is 83.9 Å². The fraction of sp³-hybridized carbons (Fsp3) is 0.154. The minimum atomic E-state index is -3.89. The van der Waals surface area contributed by atoms with Gasteiger partial charge in [-0.3, -0.25) is 4.79 Å². The largest absolute Gasteiger partial charge is 0.462 e. The molecular weight excluding hydrogens is 471 g/mol. The van der Waals surface area contributed by atoms with Crippen LogP contribution in [0.4, 0.5) is 10.1 Å². The van der Waals surface area contributed by atoms with Gasteiger partial charge < -0.3 is 14.6 Å². The summed E-state index contributed by atoms with van der Waals surface area (Å²) >= 11 is 0. The smallest absolute Gasteiger partial charge is 0.338 e. The van der Waals surface area contributed by atoms with Crippen LogP contribution in [0.1, 0.15) is 22.8 Å². The Hall–Kier alpha value is -3.98. The number of aromatic nitrogens is 1. The van der Waals surface area contributed by atoms with E-state index >= 15 is 0 Å². The lowest BCUT2D eigenvalue weighted by Gasteiger charge is -2.08. The summed E-state index contributed by atoms with van der Waals surface area (Å²) in [6.45, 7) is 1.84. The maximum atomic E-state index is 14.1. The van der Waals surface area contributed by atoms with Gasteiger partial charge >= 0.3 is 5.97 Å². The van der Waals surface area contributed by atoms with Crippen molar-refractivity contribution in [2.75, 3.05) is 11.9 Å². The highest BCUT2D eigenvalue weighted by molar-refractivity contribution is 7.90. The van der Waals surface area contributed by atoms with Crippen LogP contribution in [-0.4, -0.2) is 31.5 Å². The number of sulfone groups is 1. The predicted molar refractivity (Wildman–Crippen MR) is 130 cm³/mol. The van der Waals surface area contributed by atoms with Gasteiger partial charge in [0.1, 0.15) is 12.4 Å². The van der Waals surface area contributed by atoms with Crippen molar-refractivity contribution in [3.05, 3.63) is 95.9 Å². The van der Waals surface area contributed by atoms with Gasteiger partial charge in [-0.15, -0.1) is 0 Å². The van der Waals surface area contributed by atoms with E-state index < -0.39 is 27.4 Å². The van der Waals surface area contributed by atoms with Gasteiger partial charge in [0, 0.05) is 28.4 Å². The van der Waals surface area contributed by atoms with Crippen molar-refractivity contribution in [1.29, 1.82) is 0 Å². The molecule has 35 heavy (non-hydrogen) atoms. The Bertz CT molecular complexity index is 1490. The molecule has 0 aliphatic carbocycles. The molecule has 0 radical (unpaired) electrons. The number of carbonyl (C=O) groups is 2. The highest BCUT2D eigenvalue weighted by Crippen LogP contribution is 2.28. The van der Waals surface area contributed by atoms with Gasteiger partial charge in [-0.1, -0.05) is 36.4 Å². The third-order valence-electron chi connectivity index (χ3n) is 5.38. The number of fused-ring (bicyclic) bond motifs is 1. The first-order valence-electron chi connectivity index (χ1n) is 10.9. The van der Waals surface area contributed by atoms with Gasteiger partial charge in [0.15, 0.2) is 9.84 Å². The molecule has 1 amide bonds. The summed E-state index contributed by atoms with van der Waals surface area (Å²) in [5.74, 6) is -1.92. The monoisotopic (exact) mass is 494 g/mol. The Kier molecular flexibility index (Phi) is 6.97. The number of benzene rings is 3. The average Bonchev–Trinajstić information content (AvgIpc) is 3.20. The number of nitrogens with zero attached hydrogens (tertiary/aromatic N) is 1. The topological polar surface area (TPSA) is 94.5 Å². The van der Waals surface area contributed by atoms with Crippen molar-refractivity contribution in [3.63, 3.8) is 0 Å². The molecule has 0 unspecified atom stereocenters. The molecule has 1 N–H and O–H groups in total. The first-order valence-corrected chi connectivity index (χ1v) is 12.5. The second-order valence-corrected chi connectivity index (χ2v) is 9.79. The Morgan fingerprint density at radius 2 is 1.66 bits per heavy atom. The lowest BCUT2D eigenvalue weighted by atomic mass is 10.2. The quantitative estimate of drug-likeness (QED) is 0.362. The Morgan fingerprint density at radius 3 is 2.37 bits per heavy atom. The molecule has 1 heterocycles. The molecule has 4 rings (SSSR count). The van der Waals surface area contributed by atoms with Crippen molar-refractivity contribution < 1.29 is 27.1 Å². The highest BCUT2D eigenvalue weighted by Gasteiger charge is 2.23. The SMILES string of the molecule is CCOC(=O)c1ccc(NC(=O)Cn2cc(S(=O)(=O)Cc3ccccc3F)c3ccccc32)cc1. The minimum absolute atomic E-state index is 0.0305. The second kappa shape index (κ2) is 10.1. The molecule has 1 aromatic heterocycles. The number of esters is 1. The van der Waals surface area contributed by atoms with E-state index in [0.29, 0.717) is 22.2 Å². The van der Waals surface area contributed by atoms with Gasteiger partial charge in [0.2, 0.25) is 5.91 Å². The van der Waals surface area contributed by atoms with Gasteiger partial charge in [-0.25, -0.2) is 17.6 Å². The van der Waals surface area contributed by atoms with Crippen molar-refractivity contribution in [1.82, 2.24) is 4.57 Å². The molecule has 0 saturated heterocycles. The maximum absolute atomic E-state index is 14.1. The molecule has 0 atom stereocenters. The minimum Gasteiger partial charge on any atom is -0.462 e. The van der Waals surface area contributed by atoms with E-state index in [1.807, 2.05) is 0 Å². The van der Waals surface area contributed by atoms with Crippen molar-refractivity contribution in [2.24, 2.45) is 0 Å². The van der Waals surface area contributed by atoms with Crippen LogP contribution >= 0.6 is 0 Å². The molecule has 4 aromatic rings. The van der Waals surface area contributed by atoms with E-state index in [-0.39, 0.29) is 29.5 Å². The van der Waals surface area contributed by atoms with Crippen molar-refractivity contribution >= 4 is 38.3 Å². The molecule has 3 aromatic carbocycles. The third kappa shape index (κ3) is 5.41. The van der Waals surface area contributed by atoms with Crippen molar-refractivity contribution in [3.8, 4) is 0 Å². The van der Waals surface area contributed by atoms with Crippen LogP contribution in [0, 0.1) is 5.82 Å². The molecular formula is C26H23FN2O5S. The van der Waals surface area contributed by atoms with Gasteiger partial charge in [0.25, 0.3) is 0 Å². The van der Waals surface area contributed by atoms with E-state index in [1.54, 1.807) is 66.1 Å². The molecule has 0 fully saturated rings. The molecule has 0 saturated carbocycles. The number of carbonyl (C=O) groups excluding carboxylic acids is 2. The fourth-order valence-corrected chi connectivity index (χ4v) is 5.34. The number of para-hydroxylation sites is 1. The zero-order valence-electron chi connectivity index (χ0n) is 18.9. The standard InChI is InChI=1S/C26H23FN2O5S/c1-2-34-26(31)18-11-13-20(14-12-18)28-25(30)16-29-15-24(21-8-4-6-10-23(21)29)35(32,33)17-19-7-3-5-9-22(19)27/h3-15H,2,16-17H2,1H3,(H,28,30). The van der Waals surface area contributed by atoms with Crippen LogP contribution in [0.3, 0.4) is 0 Å². The number of hydrogen-bond donors (Lipinski definition) is 1. The number of ether oxygens (including phenoxy) is 1. The summed E-state index contributed by atoms with van der Waals surface area (Å²) < 4.78 is 46.9. The summed E-state index contributed by atoms with van der Waals surface area (Å²) in [5.41, 5.74) is 1.48. The van der Waals surface area contributed by atoms with Gasteiger partial charge in [-0.2, -0.15) is 0 Å². The van der Waals surface area contributed by atoms with E-state index in [1.165, 1.54) is 24.4 Å². The molecule has 0 aliphatic rings. The zero-order chi connectivity index (χ0) is 25.0. The Balaban J connectivity index is 1.56. The second-order valence-electron chi connectivity index (χ2n) is 7.83. The predicted octanol–water partition coefficient (Wildman–Crippen LogP) is 4.57. The van der Waals surface area contributed by atoms with Crippen LogP contribution in [-0.2, 0) is 31.7 Å². The van der Waals surface area contributed by atoms with Crippen molar-refractivity contribution in [2.45, 2.75) is 24.1 Å². The first-order chi connectivity index (χ1) is 16.8. The molecule has 0 spiro atoms. The summed E-state index contributed by atoms with van der Waals surface area (Å²) in [6, 6.07) is 18.8. The fourth-order valence-electron chi connectivity index (χ4n) is 3.75. The highest BCUT2D eigenvalue weighted by atomic mass is 32.2. The Labute approximate surface area is 202 Å². The van der Waals surface area contributed by atoms with E-state index in [4.69, 9.17) is 4.74 Å². The van der Waals surface area contributed by atoms with Crippen LogP contribution in [0.5, 0.6) is 0 Å². The lowest BCUT2D eigenvalue weighted by Crippen LogP contribution is -2.18. The van der Waals surface area contributed by atoms with Crippen LogP contribution < -0.4 is 5.32 Å². The maximum Gasteiger partial charge on any atom is 0.338 e. The third-order valence-corrected chi connectivity index (χ3v) is 7.07. The summed E-state index contributed by atoms with van der Waals surface area (Å²) in [5, 5.41) is 3.19. The molecule has 0 bridgehead atoms. The summed E-state index contributed by atoms with van der Waals surface area (Å²) in [4.78, 5) is 24.5. The summed E-state index contributed by atoms with van der Waals surface area (Å²) in [6.07, 6.45) is 1.41. The van der Waals surface area contributed by atoms with E-state index in [0.717, 1.165) is 0 Å². The number of nitrogens with one attached hydrogen (secondary N) is 1. The van der Waals surface area contributed by atoms with Crippen LogP contribution in [0.25, 0.3) is 10.9 Å². The van der Waals surface area contributed by atoms with Gasteiger partial charge in [-0.05, 0) is 43.3 Å². The number of halogens is 1. The molecule has 7 nitrogen and oxygen atoms in total. The molecule has 9 heteroatoms. The lowest BCUT2D eigenvalue weighted by molar-refractivity contribution is -0.116. The molecule has 0 aliphatic heterocycles. The summed E-state index contributed by atoms with van der Waals surface area (Å²) in [7, 11) is -3.89. The molecule has 180 valence electrons. The number of hydrogen-bond acceptors (Lipinski definition) is 5. The normalized spacial score (nSPS) is 11.4. The van der Waals surface area contributed by atoms with Crippen LogP contribution in [0.2, 0.25) is 0 Å². The number of rotatable bonds is 8. The van der Waals surface area contributed by atoms with E-state index in [9.17, 15) is 22.4 Å². The zero-order valence-corrected chi connectivity index (χ0v) is 19.7. The Morgan fingerprint density at radius 1 is 0.971 bits per heavy atom. The number of amides is 1. The van der Waals surface area contributed by atoms with Gasteiger partial charge in [0.05, 0.1) is 22.8 Å². The van der Waals surface area contributed by atoms with E-state index in [2.05, 4.69) is 5.32 Å². The average molecular weight is 495 g/mol.